The van der Waals surface area contributed by atoms with Crippen molar-refractivity contribution >= 4 is 18.0 Å². The summed E-state index contributed by atoms with van der Waals surface area (Å²) in [4.78, 5) is 45.7. The minimum absolute atomic E-state index is 0.00558. The van der Waals surface area contributed by atoms with Gasteiger partial charge in [-0.3, -0.25) is 19.4 Å². The molecule has 2 bridgehead atoms. The summed E-state index contributed by atoms with van der Waals surface area (Å²) in [5.74, 6) is 0.243. The standard InChI is InChI=1S/C17H23NO6/c1-16(2)11-6-7-17(3,12(16)10-11)24-23-15(21)22-9-8-18-13(19)4-5-14(18)20/h4-5,11-12H,6-10H2,1-3H3. The van der Waals surface area contributed by atoms with Crippen LogP contribution in [0.4, 0.5) is 4.79 Å². The molecular weight excluding hydrogens is 314 g/mol. The van der Waals surface area contributed by atoms with Crippen molar-refractivity contribution < 1.29 is 28.9 Å². The topological polar surface area (TPSA) is 82.1 Å². The highest BCUT2D eigenvalue weighted by atomic mass is 17.2. The molecule has 24 heavy (non-hydrogen) atoms. The van der Waals surface area contributed by atoms with Gasteiger partial charge in [-0.15, -0.1) is 0 Å². The zero-order chi connectivity index (χ0) is 17.5. The Morgan fingerprint density at radius 2 is 1.92 bits per heavy atom. The van der Waals surface area contributed by atoms with Gasteiger partial charge < -0.3 is 4.74 Å². The molecule has 1 heterocycles. The van der Waals surface area contributed by atoms with Crippen LogP contribution in [0.3, 0.4) is 0 Å². The molecule has 4 aliphatic rings. The van der Waals surface area contributed by atoms with E-state index in [1.54, 1.807) is 0 Å². The lowest BCUT2D eigenvalue weighted by molar-refractivity contribution is -0.371. The van der Waals surface area contributed by atoms with E-state index in [1.807, 2.05) is 6.92 Å². The first-order chi connectivity index (χ1) is 11.2. The van der Waals surface area contributed by atoms with E-state index in [0.29, 0.717) is 5.92 Å². The normalized spacial score (nSPS) is 33.4. The molecule has 4 rings (SSSR count). The molecule has 7 heteroatoms. The van der Waals surface area contributed by atoms with E-state index < -0.39 is 23.6 Å². The van der Waals surface area contributed by atoms with Gasteiger partial charge in [-0.1, -0.05) is 13.8 Å². The third-order valence-corrected chi connectivity index (χ3v) is 5.93. The molecule has 0 aromatic rings. The van der Waals surface area contributed by atoms with E-state index in [2.05, 4.69) is 13.8 Å². The highest BCUT2D eigenvalue weighted by Crippen LogP contribution is 2.63. The van der Waals surface area contributed by atoms with Crippen molar-refractivity contribution in [3.63, 3.8) is 0 Å². The number of imide groups is 1. The first-order valence-corrected chi connectivity index (χ1v) is 8.30. The van der Waals surface area contributed by atoms with Gasteiger partial charge in [-0.05, 0) is 43.4 Å². The number of rotatable bonds is 5. The van der Waals surface area contributed by atoms with Gasteiger partial charge in [-0.2, -0.15) is 4.89 Å². The van der Waals surface area contributed by atoms with Gasteiger partial charge in [-0.25, -0.2) is 4.79 Å². The van der Waals surface area contributed by atoms with Crippen molar-refractivity contribution in [2.45, 2.75) is 45.6 Å². The van der Waals surface area contributed by atoms with Gasteiger partial charge in [0.15, 0.2) is 0 Å². The van der Waals surface area contributed by atoms with Crippen LogP contribution in [-0.4, -0.2) is 41.6 Å². The predicted octanol–water partition coefficient (Wildman–Crippen LogP) is 2.21. The second-order valence-corrected chi connectivity index (χ2v) is 7.58. The Morgan fingerprint density at radius 1 is 1.25 bits per heavy atom. The van der Waals surface area contributed by atoms with E-state index in [0.717, 1.165) is 30.1 Å². The van der Waals surface area contributed by atoms with Crippen LogP contribution in [0.2, 0.25) is 0 Å². The Labute approximate surface area is 140 Å². The van der Waals surface area contributed by atoms with Crippen LogP contribution in [0.1, 0.15) is 40.0 Å². The number of nitrogens with zero attached hydrogens (tertiary/aromatic N) is 1. The number of hydrogen-bond donors (Lipinski definition) is 0. The minimum atomic E-state index is -0.956. The quantitative estimate of drug-likeness (QED) is 0.331. The van der Waals surface area contributed by atoms with Crippen LogP contribution < -0.4 is 0 Å². The van der Waals surface area contributed by atoms with E-state index in [9.17, 15) is 14.4 Å². The maximum atomic E-state index is 11.7. The largest absolute Gasteiger partial charge is 0.540 e. The van der Waals surface area contributed by atoms with E-state index >= 15 is 0 Å². The van der Waals surface area contributed by atoms with Gasteiger partial charge in [0, 0.05) is 12.2 Å². The van der Waals surface area contributed by atoms with E-state index in [1.165, 1.54) is 12.2 Å². The third kappa shape index (κ3) is 2.81. The molecule has 0 saturated heterocycles. The molecule has 1 aliphatic heterocycles. The summed E-state index contributed by atoms with van der Waals surface area (Å²) >= 11 is 0. The molecule has 0 aromatic heterocycles. The summed E-state index contributed by atoms with van der Waals surface area (Å²) in [6.07, 6.45) is 4.41. The van der Waals surface area contributed by atoms with Gasteiger partial charge in [0.1, 0.15) is 12.2 Å². The number of carbonyl (C=O) groups excluding carboxylic acids is 3. The average molecular weight is 337 g/mol. The summed E-state index contributed by atoms with van der Waals surface area (Å²) in [6.45, 7) is 6.28. The lowest BCUT2D eigenvalue weighted by Crippen LogP contribution is -2.61. The van der Waals surface area contributed by atoms with Crippen molar-refractivity contribution in [3.8, 4) is 0 Å². The molecule has 2 amide bonds. The zero-order valence-corrected chi connectivity index (χ0v) is 14.2. The molecule has 7 nitrogen and oxygen atoms in total. The summed E-state index contributed by atoms with van der Waals surface area (Å²) in [6, 6.07) is 0. The maximum absolute atomic E-state index is 11.7. The monoisotopic (exact) mass is 337 g/mol. The van der Waals surface area contributed by atoms with Crippen molar-refractivity contribution in [2.24, 2.45) is 17.3 Å². The first-order valence-electron chi connectivity index (χ1n) is 8.30. The Morgan fingerprint density at radius 3 is 2.50 bits per heavy atom. The van der Waals surface area contributed by atoms with Gasteiger partial charge in [0.25, 0.3) is 11.8 Å². The van der Waals surface area contributed by atoms with Gasteiger partial charge in [0.2, 0.25) is 0 Å². The van der Waals surface area contributed by atoms with Crippen molar-refractivity contribution in [3.05, 3.63) is 12.2 Å². The molecule has 3 atom stereocenters. The minimum Gasteiger partial charge on any atom is -0.430 e. The molecule has 3 fully saturated rings. The Balaban J connectivity index is 1.41. The number of ether oxygens (including phenoxy) is 1. The summed E-state index contributed by atoms with van der Waals surface area (Å²) < 4.78 is 4.88. The predicted molar refractivity (Wildman–Crippen MR) is 82.4 cm³/mol. The molecule has 3 saturated carbocycles. The van der Waals surface area contributed by atoms with Crippen molar-refractivity contribution in [2.75, 3.05) is 13.2 Å². The fourth-order valence-corrected chi connectivity index (χ4v) is 4.30. The van der Waals surface area contributed by atoms with Crippen molar-refractivity contribution in [1.82, 2.24) is 4.90 Å². The van der Waals surface area contributed by atoms with Crippen LogP contribution in [0.5, 0.6) is 0 Å². The molecule has 0 N–H and O–H groups in total. The molecule has 3 unspecified atom stereocenters. The number of hydrogen-bond acceptors (Lipinski definition) is 6. The maximum Gasteiger partial charge on any atom is 0.540 e. The second-order valence-electron chi connectivity index (χ2n) is 7.58. The zero-order valence-electron chi connectivity index (χ0n) is 14.2. The second kappa shape index (κ2) is 5.88. The van der Waals surface area contributed by atoms with E-state index in [-0.39, 0.29) is 18.6 Å². The van der Waals surface area contributed by atoms with Crippen LogP contribution in [-0.2, 0) is 24.1 Å². The van der Waals surface area contributed by atoms with E-state index in [4.69, 9.17) is 14.5 Å². The average Bonchev–Trinajstić information content (AvgIpc) is 2.84. The van der Waals surface area contributed by atoms with Gasteiger partial charge in [0.05, 0.1) is 6.54 Å². The molecule has 132 valence electrons. The van der Waals surface area contributed by atoms with Crippen molar-refractivity contribution in [1.29, 1.82) is 0 Å². The fraction of sp³-hybridized carbons (Fsp3) is 0.706. The van der Waals surface area contributed by atoms with Gasteiger partial charge >= 0.3 is 6.16 Å². The lowest BCUT2D eigenvalue weighted by Gasteiger charge is -2.62. The highest BCUT2D eigenvalue weighted by molar-refractivity contribution is 6.12. The van der Waals surface area contributed by atoms with Crippen LogP contribution in [0.15, 0.2) is 12.2 Å². The Hall–Kier alpha value is -1.89. The Kier molecular flexibility index (Phi) is 4.15. The molecule has 0 aromatic carbocycles. The third-order valence-electron chi connectivity index (χ3n) is 5.93. The summed E-state index contributed by atoms with van der Waals surface area (Å²) in [7, 11) is 0. The molecule has 3 aliphatic carbocycles. The first kappa shape index (κ1) is 17.0. The SMILES string of the molecule is CC1(OOC(=O)OCCN2C(=O)C=CC2=O)CCC2CC1C2(C)C. The fourth-order valence-electron chi connectivity index (χ4n) is 4.30. The lowest BCUT2D eigenvalue weighted by atomic mass is 9.44. The highest BCUT2D eigenvalue weighted by Gasteiger charge is 2.61. The van der Waals surface area contributed by atoms with Crippen LogP contribution in [0, 0.1) is 17.3 Å². The number of fused-ring (bicyclic) bond motifs is 2. The number of amides is 2. The number of carbonyl (C=O) groups is 3. The smallest absolute Gasteiger partial charge is 0.430 e. The Bertz CT molecular complexity index is 578. The summed E-state index contributed by atoms with van der Waals surface area (Å²) in [5.41, 5.74) is -0.300. The molecule has 0 radical (unpaired) electrons. The molecular formula is C17H23NO6. The summed E-state index contributed by atoms with van der Waals surface area (Å²) in [5, 5.41) is 0. The van der Waals surface area contributed by atoms with Crippen LogP contribution in [0.25, 0.3) is 0 Å². The molecule has 0 spiro atoms. The van der Waals surface area contributed by atoms with Crippen LogP contribution >= 0.6 is 0 Å².